The lowest BCUT2D eigenvalue weighted by Gasteiger charge is -2.09. The van der Waals surface area contributed by atoms with Crippen molar-refractivity contribution in [3.05, 3.63) is 23.0 Å². The molecule has 0 fully saturated rings. The molecule has 0 aromatic carbocycles. The van der Waals surface area contributed by atoms with Gasteiger partial charge in [-0.1, -0.05) is 13.8 Å². The minimum Gasteiger partial charge on any atom is -0.478 e. The van der Waals surface area contributed by atoms with Crippen LogP contribution in [0.2, 0.25) is 0 Å². The summed E-state index contributed by atoms with van der Waals surface area (Å²) in [4.78, 5) is 15.5. The minimum absolute atomic E-state index is 0.332. The molecular weight excluding hydrogens is 206 g/mol. The van der Waals surface area contributed by atoms with E-state index in [9.17, 15) is 9.90 Å². The number of aromatic carboxylic acids is 1. The van der Waals surface area contributed by atoms with Crippen LogP contribution < -0.4 is 0 Å². The fraction of sp³-hybridized carbons (Fsp3) is 0.364. The van der Waals surface area contributed by atoms with Gasteiger partial charge in [-0.05, 0) is 18.4 Å². The largest absolute Gasteiger partial charge is 0.478 e. The van der Waals surface area contributed by atoms with Crippen LogP contribution in [0.1, 0.15) is 35.5 Å². The lowest BCUT2D eigenvalue weighted by molar-refractivity contribution is 0.0694. The molecule has 16 heavy (non-hydrogen) atoms. The summed E-state index contributed by atoms with van der Waals surface area (Å²) in [5.74, 6) is -0.913. The van der Waals surface area contributed by atoms with E-state index in [1.54, 1.807) is 6.20 Å². The van der Waals surface area contributed by atoms with Crippen molar-refractivity contribution in [3.63, 3.8) is 0 Å². The molecule has 2 heterocycles. The van der Waals surface area contributed by atoms with Gasteiger partial charge in [-0.25, -0.2) is 9.78 Å². The maximum Gasteiger partial charge on any atom is 0.337 e. The average Bonchev–Trinajstić information content (AvgIpc) is 2.73. The maximum atomic E-state index is 11.3. The van der Waals surface area contributed by atoms with Crippen LogP contribution in [0.25, 0.3) is 11.0 Å². The quantitative estimate of drug-likeness (QED) is 0.824. The normalized spacial score (nSPS) is 10.9. The molecule has 0 bridgehead atoms. The van der Waals surface area contributed by atoms with Crippen LogP contribution in [0.4, 0.5) is 0 Å². The molecule has 0 atom stereocenters. The van der Waals surface area contributed by atoms with E-state index in [-0.39, 0.29) is 0 Å². The molecule has 2 aromatic heterocycles. The molecule has 2 rings (SSSR count). The second-order valence-electron chi connectivity index (χ2n) is 3.56. The molecule has 0 amide bonds. The Labute approximate surface area is 92.5 Å². The highest BCUT2D eigenvalue weighted by molar-refractivity contribution is 5.96. The van der Waals surface area contributed by atoms with E-state index in [4.69, 9.17) is 0 Å². The number of aromatic amines is 1. The average molecular weight is 219 g/mol. The fourth-order valence-electron chi connectivity index (χ4n) is 1.96. The third kappa shape index (κ3) is 1.44. The predicted octanol–water partition coefficient (Wildman–Crippen LogP) is 1.78. The number of carbonyl (C=O) groups is 1. The number of carboxylic acid groups (broad SMARTS) is 1. The van der Waals surface area contributed by atoms with E-state index in [0.717, 1.165) is 10.9 Å². The SMILES string of the molecule is CCc1nc2[nH]ncc2c(CC)c1C(=O)O. The van der Waals surface area contributed by atoms with Gasteiger partial charge in [0.05, 0.1) is 17.5 Å². The topological polar surface area (TPSA) is 78.9 Å². The molecule has 5 nitrogen and oxygen atoms in total. The number of carboxylic acids is 1. The number of aryl methyl sites for hydroxylation is 2. The highest BCUT2D eigenvalue weighted by Gasteiger charge is 2.19. The van der Waals surface area contributed by atoms with Gasteiger partial charge in [-0.15, -0.1) is 0 Å². The zero-order chi connectivity index (χ0) is 11.7. The van der Waals surface area contributed by atoms with E-state index in [1.807, 2.05) is 13.8 Å². The summed E-state index contributed by atoms with van der Waals surface area (Å²) in [7, 11) is 0. The van der Waals surface area contributed by atoms with Gasteiger partial charge < -0.3 is 5.11 Å². The van der Waals surface area contributed by atoms with Gasteiger partial charge in [0.1, 0.15) is 0 Å². The van der Waals surface area contributed by atoms with Gasteiger partial charge >= 0.3 is 5.97 Å². The summed E-state index contributed by atoms with van der Waals surface area (Å²) in [5, 5.41) is 16.7. The van der Waals surface area contributed by atoms with Gasteiger partial charge in [0.25, 0.3) is 0 Å². The van der Waals surface area contributed by atoms with Crippen LogP contribution in [-0.4, -0.2) is 26.3 Å². The first-order chi connectivity index (χ1) is 7.69. The third-order valence-electron chi connectivity index (χ3n) is 2.68. The Morgan fingerprint density at radius 2 is 2.19 bits per heavy atom. The van der Waals surface area contributed by atoms with E-state index in [0.29, 0.717) is 29.7 Å². The Morgan fingerprint density at radius 3 is 2.75 bits per heavy atom. The van der Waals surface area contributed by atoms with Crippen molar-refractivity contribution in [2.45, 2.75) is 26.7 Å². The Hall–Kier alpha value is -1.91. The Balaban J connectivity index is 2.86. The predicted molar refractivity (Wildman–Crippen MR) is 59.6 cm³/mol. The Bertz CT molecular complexity index is 545. The molecule has 2 N–H and O–H groups in total. The number of rotatable bonds is 3. The molecule has 0 spiro atoms. The maximum absolute atomic E-state index is 11.3. The molecule has 0 saturated heterocycles. The van der Waals surface area contributed by atoms with Crippen molar-refractivity contribution in [2.24, 2.45) is 0 Å². The van der Waals surface area contributed by atoms with E-state index >= 15 is 0 Å². The van der Waals surface area contributed by atoms with Crippen molar-refractivity contribution in [1.82, 2.24) is 15.2 Å². The standard InChI is InChI=1S/C11H13N3O2/c1-3-6-7-5-12-14-10(7)13-8(4-2)9(6)11(15)16/h5H,3-4H2,1-2H3,(H,15,16)(H,12,13,14). The second-order valence-corrected chi connectivity index (χ2v) is 3.56. The number of hydrogen-bond acceptors (Lipinski definition) is 3. The van der Waals surface area contributed by atoms with Crippen molar-refractivity contribution >= 4 is 17.0 Å². The van der Waals surface area contributed by atoms with Crippen LogP contribution in [0.3, 0.4) is 0 Å². The van der Waals surface area contributed by atoms with Crippen molar-refractivity contribution < 1.29 is 9.90 Å². The third-order valence-corrected chi connectivity index (χ3v) is 2.68. The molecule has 0 aliphatic heterocycles. The van der Waals surface area contributed by atoms with Crippen LogP contribution >= 0.6 is 0 Å². The lowest BCUT2D eigenvalue weighted by Crippen LogP contribution is -2.09. The Morgan fingerprint density at radius 1 is 1.44 bits per heavy atom. The number of aromatic nitrogens is 3. The summed E-state index contributed by atoms with van der Waals surface area (Å²) in [6, 6.07) is 0. The molecule has 5 heteroatoms. The smallest absolute Gasteiger partial charge is 0.337 e. The summed E-state index contributed by atoms with van der Waals surface area (Å²) in [6.45, 7) is 3.84. The van der Waals surface area contributed by atoms with Crippen LogP contribution in [0, 0.1) is 0 Å². The van der Waals surface area contributed by atoms with Gasteiger partial charge in [0.2, 0.25) is 0 Å². The monoisotopic (exact) mass is 219 g/mol. The molecule has 2 aromatic rings. The first-order valence-corrected chi connectivity index (χ1v) is 5.27. The van der Waals surface area contributed by atoms with E-state index < -0.39 is 5.97 Å². The molecule has 0 saturated carbocycles. The molecule has 0 unspecified atom stereocenters. The number of nitrogens with zero attached hydrogens (tertiary/aromatic N) is 2. The first-order valence-electron chi connectivity index (χ1n) is 5.27. The van der Waals surface area contributed by atoms with Crippen molar-refractivity contribution in [1.29, 1.82) is 0 Å². The number of nitrogens with one attached hydrogen (secondary N) is 1. The molecule has 0 aliphatic rings. The number of pyridine rings is 1. The van der Waals surface area contributed by atoms with E-state index in [1.165, 1.54) is 0 Å². The molecule has 84 valence electrons. The van der Waals surface area contributed by atoms with Crippen molar-refractivity contribution in [2.75, 3.05) is 0 Å². The summed E-state index contributed by atoms with van der Waals surface area (Å²) in [6.07, 6.45) is 2.89. The number of H-pyrrole nitrogens is 1. The van der Waals surface area contributed by atoms with Gasteiger partial charge in [-0.2, -0.15) is 5.10 Å². The minimum atomic E-state index is -0.913. The molecular formula is C11H13N3O2. The summed E-state index contributed by atoms with van der Waals surface area (Å²) in [5.41, 5.74) is 2.42. The second kappa shape index (κ2) is 3.92. The van der Waals surface area contributed by atoms with Crippen LogP contribution in [-0.2, 0) is 12.8 Å². The van der Waals surface area contributed by atoms with Crippen LogP contribution in [0.15, 0.2) is 6.20 Å². The Kier molecular flexibility index (Phi) is 2.60. The highest BCUT2D eigenvalue weighted by Crippen LogP contribution is 2.23. The number of fused-ring (bicyclic) bond motifs is 1. The van der Waals surface area contributed by atoms with Gasteiger partial charge in [0.15, 0.2) is 5.65 Å². The highest BCUT2D eigenvalue weighted by atomic mass is 16.4. The fourth-order valence-corrected chi connectivity index (χ4v) is 1.96. The summed E-state index contributed by atoms with van der Waals surface area (Å²) >= 11 is 0. The van der Waals surface area contributed by atoms with Gasteiger partial charge in [-0.3, -0.25) is 5.10 Å². The van der Waals surface area contributed by atoms with Crippen molar-refractivity contribution in [3.8, 4) is 0 Å². The first kappa shape index (κ1) is 10.6. The van der Waals surface area contributed by atoms with Gasteiger partial charge in [0, 0.05) is 5.39 Å². The molecule has 0 aliphatic carbocycles. The zero-order valence-corrected chi connectivity index (χ0v) is 9.24. The molecule has 0 radical (unpaired) electrons. The lowest BCUT2D eigenvalue weighted by atomic mass is 10.00. The van der Waals surface area contributed by atoms with Crippen LogP contribution in [0.5, 0.6) is 0 Å². The van der Waals surface area contributed by atoms with E-state index in [2.05, 4.69) is 15.2 Å². The summed E-state index contributed by atoms with van der Waals surface area (Å²) < 4.78 is 0. The number of hydrogen-bond donors (Lipinski definition) is 2. The zero-order valence-electron chi connectivity index (χ0n) is 9.24.